The molecule has 0 amide bonds. The summed E-state index contributed by atoms with van der Waals surface area (Å²) in [7, 11) is 0. The van der Waals surface area contributed by atoms with Crippen molar-refractivity contribution in [3.8, 4) is 5.69 Å². The Hall–Kier alpha value is -2.41. The van der Waals surface area contributed by atoms with E-state index in [1.807, 2.05) is 24.5 Å². The highest BCUT2D eigenvalue weighted by Gasteiger charge is 2.36. The zero-order valence-corrected chi connectivity index (χ0v) is 17.4. The van der Waals surface area contributed by atoms with Gasteiger partial charge in [-0.15, -0.1) is 10.2 Å². The number of benzene rings is 1. The number of aromatic nitrogens is 4. The summed E-state index contributed by atoms with van der Waals surface area (Å²) in [6.45, 7) is 3.90. The number of carbonyl (C=O) groups excluding carboxylic acids is 1. The van der Waals surface area contributed by atoms with Gasteiger partial charge in [0.2, 0.25) is 0 Å². The fourth-order valence-corrected chi connectivity index (χ4v) is 4.82. The summed E-state index contributed by atoms with van der Waals surface area (Å²) in [6.07, 6.45) is 4.75. The molecule has 0 aliphatic heterocycles. The Morgan fingerprint density at radius 1 is 1.14 bits per heavy atom. The number of halogens is 1. The van der Waals surface area contributed by atoms with E-state index in [1.165, 1.54) is 49.6 Å². The third-order valence-electron chi connectivity index (χ3n) is 5.69. The van der Waals surface area contributed by atoms with Crippen molar-refractivity contribution in [2.24, 2.45) is 0 Å². The van der Waals surface area contributed by atoms with Gasteiger partial charge < -0.3 is 9.13 Å². The van der Waals surface area contributed by atoms with Crippen LogP contribution in [-0.2, 0) is 0 Å². The molecule has 0 atom stereocenters. The number of Topliss-reactive ketones (excluding diaryl/α,β-unsaturated/α-hetero) is 1. The summed E-state index contributed by atoms with van der Waals surface area (Å²) in [6, 6.07) is 8.78. The molecule has 0 bridgehead atoms. The molecular weight excluding hydrogens is 387 g/mol. The van der Waals surface area contributed by atoms with Gasteiger partial charge >= 0.3 is 0 Å². The van der Waals surface area contributed by atoms with Crippen molar-refractivity contribution < 1.29 is 9.18 Å². The van der Waals surface area contributed by atoms with Gasteiger partial charge in [-0.05, 0) is 69.9 Å². The number of nitrogens with zero attached hydrogens (tertiary/aromatic N) is 4. The standard InChI is InChI=1S/C22H23FN4OS/c1-13-11-19(14(2)26(13)17-7-5-16(23)6-8-17)20(28)12-29-22-25-24-21(15-3-4-15)27(22)18-9-10-18/h5-8,11,15,18H,3-4,9-10,12H2,1-2H3. The van der Waals surface area contributed by atoms with E-state index in [1.54, 1.807) is 12.1 Å². The zero-order valence-electron chi connectivity index (χ0n) is 16.6. The largest absolute Gasteiger partial charge is 0.318 e. The molecule has 2 aromatic heterocycles. The molecule has 0 spiro atoms. The lowest BCUT2D eigenvalue weighted by Crippen LogP contribution is -2.07. The minimum atomic E-state index is -0.269. The van der Waals surface area contributed by atoms with Crippen molar-refractivity contribution in [2.45, 2.75) is 56.6 Å². The number of ketones is 1. The van der Waals surface area contributed by atoms with Crippen LogP contribution in [0.5, 0.6) is 0 Å². The lowest BCUT2D eigenvalue weighted by molar-refractivity contribution is 0.102. The minimum Gasteiger partial charge on any atom is -0.318 e. The number of rotatable bonds is 7. The first kappa shape index (κ1) is 18.6. The molecule has 150 valence electrons. The monoisotopic (exact) mass is 410 g/mol. The number of aryl methyl sites for hydroxylation is 1. The molecule has 0 radical (unpaired) electrons. The van der Waals surface area contributed by atoms with Crippen LogP contribution in [0.25, 0.3) is 5.69 Å². The van der Waals surface area contributed by atoms with E-state index < -0.39 is 0 Å². The molecule has 7 heteroatoms. The summed E-state index contributed by atoms with van der Waals surface area (Å²) in [5.74, 6) is 1.81. The number of carbonyl (C=O) groups is 1. The van der Waals surface area contributed by atoms with Crippen molar-refractivity contribution in [1.82, 2.24) is 19.3 Å². The Bertz CT molecular complexity index is 1080. The number of hydrogen-bond acceptors (Lipinski definition) is 4. The van der Waals surface area contributed by atoms with Crippen molar-refractivity contribution in [3.63, 3.8) is 0 Å². The SMILES string of the molecule is Cc1cc(C(=O)CSc2nnc(C3CC3)n2C2CC2)c(C)n1-c1ccc(F)cc1. The van der Waals surface area contributed by atoms with Crippen molar-refractivity contribution >= 4 is 17.5 Å². The molecule has 2 aliphatic rings. The summed E-state index contributed by atoms with van der Waals surface area (Å²) in [4.78, 5) is 13.0. The molecule has 2 fully saturated rings. The molecule has 0 saturated heterocycles. The molecule has 2 heterocycles. The molecule has 29 heavy (non-hydrogen) atoms. The predicted molar refractivity (Wildman–Crippen MR) is 111 cm³/mol. The van der Waals surface area contributed by atoms with E-state index in [4.69, 9.17) is 0 Å². The van der Waals surface area contributed by atoms with Crippen LogP contribution in [0.2, 0.25) is 0 Å². The van der Waals surface area contributed by atoms with Gasteiger partial charge in [-0.1, -0.05) is 11.8 Å². The Balaban J connectivity index is 1.36. The molecule has 2 saturated carbocycles. The van der Waals surface area contributed by atoms with Crippen molar-refractivity contribution in [3.05, 3.63) is 58.9 Å². The van der Waals surface area contributed by atoms with E-state index in [0.29, 0.717) is 23.3 Å². The van der Waals surface area contributed by atoms with Crippen LogP contribution in [0.3, 0.4) is 0 Å². The maximum Gasteiger partial charge on any atom is 0.191 e. The highest BCUT2D eigenvalue weighted by atomic mass is 32.2. The van der Waals surface area contributed by atoms with Crippen LogP contribution in [0.4, 0.5) is 4.39 Å². The van der Waals surface area contributed by atoms with E-state index in [0.717, 1.165) is 28.1 Å². The maximum atomic E-state index is 13.3. The Labute approximate surface area is 173 Å². The van der Waals surface area contributed by atoms with Gasteiger partial charge in [0.15, 0.2) is 10.9 Å². The maximum absolute atomic E-state index is 13.3. The predicted octanol–water partition coefficient (Wildman–Crippen LogP) is 5.01. The van der Waals surface area contributed by atoms with Gasteiger partial charge in [-0.3, -0.25) is 4.79 Å². The quantitative estimate of drug-likeness (QED) is 0.406. The van der Waals surface area contributed by atoms with Gasteiger partial charge in [0.1, 0.15) is 11.6 Å². The fourth-order valence-electron chi connectivity index (χ4n) is 3.92. The summed E-state index contributed by atoms with van der Waals surface area (Å²) in [5, 5.41) is 9.68. The van der Waals surface area contributed by atoms with Crippen LogP contribution in [0.1, 0.15) is 65.2 Å². The van der Waals surface area contributed by atoms with Gasteiger partial charge in [-0.25, -0.2) is 4.39 Å². The lowest BCUT2D eigenvalue weighted by atomic mass is 10.2. The first-order valence-electron chi connectivity index (χ1n) is 10.1. The van der Waals surface area contributed by atoms with Gasteiger partial charge in [0, 0.05) is 34.6 Å². The van der Waals surface area contributed by atoms with E-state index >= 15 is 0 Å². The Morgan fingerprint density at radius 3 is 2.52 bits per heavy atom. The van der Waals surface area contributed by atoms with E-state index in [2.05, 4.69) is 14.8 Å². The third-order valence-corrected chi connectivity index (χ3v) is 6.64. The van der Waals surface area contributed by atoms with Crippen LogP contribution in [0, 0.1) is 19.7 Å². The molecule has 2 aliphatic carbocycles. The van der Waals surface area contributed by atoms with E-state index in [9.17, 15) is 9.18 Å². The second-order valence-electron chi connectivity index (χ2n) is 8.02. The van der Waals surface area contributed by atoms with Crippen LogP contribution in [-0.4, -0.2) is 30.9 Å². The topological polar surface area (TPSA) is 52.7 Å². The molecule has 0 N–H and O–H groups in total. The first-order chi connectivity index (χ1) is 14.0. The molecule has 3 aromatic rings. The molecule has 0 unspecified atom stereocenters. The molecule has 1 aromatic carbocycles. The third kappa shape index (κ3) is 3.52. The van der Waals surface area contributed by atoms with Crippen LogP contribution >= 0.6 is 11.8 Å². The van der Waals surface area contributed by atoms with E-state index in [-0.39, 0.29) is 11.6 Å². The molecule has 5 rings (SSSR count). The highest BCUT2D eigenvalue weighted by molar-refractivity contribution is 7.99. The van der Waals surface area contributed by atoms with Gasteiger partial charge in [-0.2, -0.15) is 0 Å². The average Bonchev–Trinajstić information content (AvgIpc) is 3.64. The number of hydrogen-bond donors (Lipinski definition) is 0. The minimum absolute atomic E-state index is 0.0785. The van der Waals surface area contributed by atoms with Gasteiger partial charge in [0.05, 0.1) is 5.75 Å². The number of thioether (sulfide) groups is 1. The molecular formula is C22H23FN4OS. The summed E-state index contributed by atoms with van der Waals surface area (Å²) in [5.41, 5.74) is 3.40. The van der Waals surface area contributed by atoms with Gasteiger partial charge in [0.25, 0.3) is 0 Å². The second-order valence-corrected chi connectivity index (χ2v) is 8.97. The first-order valence-corrected chi connectivity index (χ1v) is 11.1. The second kappa shape index (κ2) is 7.13. The van der Waals surface area contributed by atoms with Crippen molar-refractivity contribution in [2.75, 3.05) is 5.75 Å². The highest BCUT2D eigenvalue weighted by Crippen LogP contribution is 2.46. The fraction of sp³-hybridized carbons (Fsp3) is 0.409. The van der Waals surface area contributed by atoms with Crippen LogP contribution < -0.4 is 0 Å². The molecule has 5 nitrogen and oxygen atoms in total. The Morgan fingerprint density at radius 2 is 1.86 bits per heavy atom. The average molecular weight is 411 g/mol. The summed E-state index contributed by atoms with van der Waals surface area (Å²) < 4.78 is 17.5. The van der Waals surface area contributed by atoms with Crippen molar-refractivity contribution in [1.29, 1.82) is 0 Å². The smallest absolute Gasteiger partial charge is 0.191 e. The lowest BCUT2D eigenvalue weighted by Gasteiger charge is -2.10. The van der Waals surface area contributed by atoms with Crippen LogP contribution in [0.15, 0.2) is 35.5 Å². The normalized spacial score (nSPS) is 16.4. The summed E-state index contributed by atoms with van der Waals surface area (Å²) >= 11 is 1.49. The Kier molecular flexibility index (Phi) is 4.57. The zero-order chi connectivity index (χ0) is 20.1.